The zero-order chi connectivity index (χ0) is 21.1. The maximum absolute atomic E-state index is 13.3. The molecule has 2 rings (SSSR count). The summed E-state index contributed by atoms with van der Waals surface area (Å²) in [6.07, 6.45) is 2.51. The van der Waals surface area contributed by atoms with Crippen LogP contribution in [0, 0.1) is 12.7 Å². The summed E-state index contributed by atoms with van der Waals surface area (Å²) in [6.45, 7) is 5.45. The quantitative estimate of drug-likeness (QED) is 0.536. The molecule has 0 saturated carbocycles. The fourth-order valence-electron chi connectivity index (χ4n) is 2.76. The molecule has 6 nitrogen and oxygen atoms in total. The normalized spacial score (nSPS) is 10.3. The van der Waals surface area contributed by atoms with E-state index in [9.17, 15) is 14.0 Å². The lowest BCUT2D eigenvalue weighted by molar-refractivity contribution is 0.240. The molecular weight excluding hydrogens is 371 g/mol. The second kappa shape index (κ2) is 11.7. The third-order valence-corrected chi connectivity index (χ3v) is 4.31. The summed E-state index contributed by atoms with van der Waals surface area (Å²) in [5, 5.41) is 8.44. The molecule has 2 aromatic carbocycles. The summed E-state index contributed by atoms with van der Waals surface area (Å²) >= 11 is 0. The lowest BCUT2D eigenvalue weighted by Gasteiger charge is -2.23. The largest absolute Gasteiger partial charge is 0.338 e. The van der Waals surface area contributed by atoms with E-state index in [1.165, 1.54) is 12.1 Å². The first-order valence-corrected chi connectivity index (χ1v) is 9.92. The molecule has 7 heteroatoms. The van der Waals surface area contributed by atoms with E-state index in [-0.39, 0.29) is 17.9 Å². The maximum Gasteiger partial charge on any atom is 0.326 e. The highest BCUT2D eigenvalue weighted by atomic mass is 19.1. The summed E-state index contributed by atoms with van der Waals surface area (Å²) in [7, 11) is 0. The van der Waals surface area contributed by atoms with Gasteiger partial charge in [0.05, 0.1) is 0 Å². The molecule has 0 fully saturated rings. The molecule has 0 atom stereocenters. The number of carbonyl (C=O) groups is 2. The van der Waals surface area contributed by atoms with Gasteiger partial charge in [-0.25, -0.2) is 14.0 Å². The van der Waals surface area contributed by atoms with E-state index in [0.717, 1.165) is 18.4 Å². The summed E-state index contributed by atoms with van der Waals surface area (Å²) in [6, 6.07) is 12.8. The molecule has 0 aliphatic carbocycles. The molecule has 2 aromatic rings. The lowest BCUT2D eigenvalue weighted by atomic mass is 10.2. The van der Waals surface area contributed by atoms with Crippen molar-refractivity contribution < 1.29 is 14.0 Å². The molecule has 0 heterocycles. The van der Waals surface area contributed by atoms with Crippen LogP contribution in [0.2, 0.25) is 0 Å². The SMILES string of the molecule is CCCCNC(=O)NCCCN(C(=O)Nc1cccc(C)c1)c1ccc(F)cc1. The Labute approximate surface area is 171 Å². The van der Waals surface area contributed by atoms with Crippen molar-refractivity contribution in [3.8, 4) is 0 Å². The Morgan fingerprint density at radius 3 is 2.34 bits per heavy atom. The van der Waals surface area contributed by atoms with Gasteiger partial charge in [-0.3, -0.25) is 4.90 Å². The molecule has 0 bridgehead atoms. The maximum atomic E-state index is 13.3. The third kappa shape index (κ3) is 7.81. The molecular formula is C22H29FN4O2. The van der Waals surface area contributed by atoms with Gasteiger partial charge in [0.2, 0.25) is 0 Å². The minimum Gasteiger partial charge on any atom is -0.338 e. The van der Waals surface area contributed by atoms with Crippen molar-refractivity contribution in [1.82, 2.24) is 10.6 Å². The monoisotopic (exact) mass is 400 g/mol. The van der Waals surface area contributed by atoms with Crippen LogP contribution in [0.5, 0.6) is 0 Å². The summed E-state index contributed by atoms with van der Waals surface area (Å²) in [5.74, 6) is -0.363. The molecule has 0 saturated heterocycles. The van der Waals surface area contributed by atoms with Crippen molar-refractivity contribution in [2.75, 3.05) is 29.9 Å². The van der Waals surface area contributed by atoms with Gasteiger partial charge >= 0.3 is 12.1 Å². The number of urea groups is 2. The van der Waals surface area contributed by atoms with E-state index in [1.807, 2.05) is 31.2 Å². The molecule has 0 unspecified atom stereocenters. The van der Waals surface area contributed by atoms with Gasteiger partial charge in [0.15, 0.2) is 0 Å². The minimum atomic E-state index is -0.363. The molecule has 29 heavy (non-hydrogen) atoms. The number of hydrogen-bond acceptors (Lipinski definition) is 2. The van der Waals surface area contributed by atoms with Gasteiger partial charge in [0.1, 0.15) is 5.82 Å². The lowest BCUT2D eigenvalue weighted by Crippen LogP contribution is -2.39. The zero-order valence-corrected chi connectivity index (χ0v) is 17.0. The number of unbranched alkanes of at least 4 members (excludes halogenated alkanes) is 1. The van der Waals surface area contributed by atoms with Crippen LogP contribution in [0.25, 0.3) is 0 Å². The van der Waals surface area contributed by atoms with Gasteiger partial charge in [-0.2, -0.15) is 0 Å². The smallest absolute Gasteiger partial charge is 0.326 e. The Morgan fingerprint density at radius 1 is 1.00 bits per heavy atom. The van der Waals surface area contributed by atoms with Crippen LogP contribution < -0.4 is 20.9 Å². The number of nitrogens with zero attached hydrogens (tertiary/aromatic N) is 1. The van der Waals surface area contributed by atoms with Gasteiger partial charge in [0.25, 0.3) is 0 Å². The third-order valence-electron chi connectivity index (χ3n) is 4.31. The molecule has 3 N–H and O–H groups in total. The second-order valence-corrected chi connectivity index (χ2v) is 6.82. The van der Waals surface area contributed by atoms with Gasteiger partial charge < -0.3 is 16.0 Å². The number of benzene rings is 2. The Morgan fingerprint density at radius 2 is 1.69 bits per heavy atom. The van der Waals surface area contributed by atoms with E-state index in [4.69, 9.17) is 0 Å². The van der Waals surface area contributed by atoms with Crippen molar-refractivity contribution in [2.24, 2.45) is 0 Å². The number of carbonyl (C=O) groups excluding carboxylic acids is 2. The minimum absolute atomic E-state index is 0.212. The summed E-state index contributed by atoms with van der Waals surface area (Å²) < 4.78 is 13.3. The van der Waals surface area contributed by atoms with E-state index in [2.05, 4.69) is 22.9 Å². The van der Waals surface area contributed by atoms with Gasteiger partial charge in [-0.05, 0) is 61.7 Å². The standard InChI is InChI=1S/C22H29FN4O2/c1-3-4-13-24-21(28)25-14-6-15-27(20-11-9-18(23)10-12-20)22(29)26-19-8-5-7-17(2)16-19/h5,7-12,16H,3-4,6,13-15H2,1-2H3,(H,26,29)(H2,24,25,28). The Balaban J connectivity index is 1.95. The predicted molar refractivity (Wildman–Crippen MR) is 115 cm³/mol. The van der Waals surface area contributed by atoms with Crippen molar-refractivity contribution in [3.63, 3.8) is 0 Å². The number of halogens is 1. The Bertz CT molecular complexity index is 796. The number of hydrogen-bond donors (Lipinski definition) is 3. The van der Waals surface area contributed by atoms with Gasteiger partial charge in [0, 0.05) is 31.0 Å². The average Bonchev–Trinajstić information content (AvgIpc) is 2.69. The van der Waals surface area contributed by atoms with Crippen LogP contribution in [-0.2, 0) is 0 Å². The highest BCUT2D eigenvalue weighted by Gasteiger charge is 2.16. The summed E-state index contributed by atoms with van der Waals surface area (Å²) in [4.78, 5) is 26.1. The van der Waals surface area contributed by atoms with Crippen molar-refractivity contribution in [3.05, 3.63) is 59.9 Å². The van der Waals surface area contributed by atoms with Crippen LogP contribution >= 0.6 is 0 Å². The van der Waals surface area contributed by atoms with E-state index in [1.54, 1.807) is 17.0 Å². The van der Waals surface area contributed by atoms with Crippen LogP contribution in [0.3, 0.4) is 0 Å². The summed E-state index contributed by atoms with van der Waals surface area (Å²) in [5.41, 5.74) is 2.31. The van der Waals surface area contributed by atoms with Crippen molar-refractivity contribution in [1.29, 1.82) is 0 Å². The number of anilines is 2. The second-order valence-electron chi connectivity index (χ2n) is 6.82. The average molecular weight is 400 g/mol. The van der Waals surface area contributed by atoms with Gasteiger partial charge in [-0.1, -0.05) is 25.5 Å². The van der Waals surface area contributed by atoms with E-state index < -0.39 is 0 Å². The fraction of sp³-hybridized carbons (Fsp3) is 0.364. The zero-order valence-electron chi connectivity index (χ0n) is 17.0. The molecule has 0 spiro atoms. The highest BCUT2D eigenvalue weighted by molar-refractivity contribution is 6.01. The molecule has 0 aromatic heterocycles. The van der Waals surface area contributed by atoms with Crippen LogP contribution in [0.15, 0.2) is 48.5 Å². The van der Waals surface area contributed by atoms with E-state index in [0.29, 0.717) is 37.4 Å². The van der Waals surface area contributed by atoms with E-state index >= 15 is 0 Å². The Kier molecular flexibility index (Phi) is 8.95. The molecule has 0 aliphatic heterocycles. The van der Waals surface area contributed by atoms with Gasteiger partial charge in [-0.15, -0.1) is 0 Å². The van der Waals surface area contributed by atoms with Crippen LogP contribution in [0.1, 0.15) is 31.7 Å². The number of amides is 4. The molecule has 4 amide bonds. The van der Waals surface area contributed by atoms with Crippen molar-refractivity contribution >= 4 is 23.4 Å². The topological polar surface area (TPSA) is 73.5 Å². The first-order chi connectivity index (χ1) is 14.0. The first kappa shape index (κ1) is 22.2. The van der Waals surface area contributed by atoms with Crippen LogP contribution in [-0.4, -0.2) is 31.7 Å². The predicted octanol–water partition coefficient (Wildman–Crippen LogP) is 4.66. The number of rotatable bonds is 9. The molecule has 0 radical (unpaired) electrons. The van der Waals surface area contributed by atoms with Crippen LogP contribution in [0.4, 0.5) is 25.4 Å². The van der Waals surface area contributed by atoms with Crippen molar-refractivity contribution in [2.45, 2.75) is 33.1 Å². The fourth-order valence-corrected chi connectivity index (χ4v) is 2.76. The highest BCUT2D eigenvalue weighted by Crippen LogP contribution is 2.18. The molecule has 156 valence electrons. The number of nitrogens with one attached hydrogen (secondary N) is 3. The first-order valence-electron chi connectivity index (χ1n) is 9.92. The Hall–Kier alpha value is -3.09. The molecule has 0 aliphatic rings. The number of aryl methyl sites for hydroxylation is 1.